The second-order valence-corrected chi connectivity index (χ2v) is 5.14. The molecule has 0 radical (unpaired) electrons. The van der Waals surface area contributed by atoms with Crippen molar-refractivity contribution in [3.05, 3.63) is 40.8 Å². The van der Waals surface area contributed by atoms with Crippen LogP contribution in [-0.4, -0.2) is 22.0 Å². The maximum absolute atomic E-state index is 6.22. The van der Waals surface area contributed by atoms with Crippen LogP contribution in [0.15, 0.2) is 30.0 Å². The van der Waals surface area contributed by atoms with Gasteiger partial charge < -0.3 is 5.32 Å². The standard InChI is InChI=1S/C15H20ClN3/c1-4-8-17-12(3)11(2)10-13-15(16)18-14-7-5-6-9-19(13)14/h5-7,9-10,12,17H,4,8H2,1-3H3/b11-10+. The Hall–Kier alpha value is -1.32. The predicted octanol–water partition coefficient (Wildman–Crippen LogP) is 3.78. The molecule has 1 N–H and O–H groups in total. The number of nitrogens with zero attached hydrogens (tertiary/aromatic N) is 2. The Bertz CT molecular complexity index is 586. The van der Waals surface area contributed by atoms with Crippen molar-refractivity contribution in [2.24, 2.45) is 0 Å². The smallest absolute Gasteiger partial charge is 0.155 e. The summed E-state index contributed by atoms with van der Waals surface area (Å²) in [7, 11) is 0. The normalized spacial score (nSPS) is 14.0. The van der Waals surface area contributed by atoms with Gasteiger partial charge in [0.05, 0.1) is 5.69 Å². The lowest BCUT2D eigenvalue weighted by Crippen LogP contribution is -2.27. The van der Waals surface area contributed by atoms with Gasteiger partial charge in [-0.05, 0) is 45.0 Å². The van der Waals surface area contributed by atoms with Crippen LogP contribution in [0, 0.1) is 0 Å². The molecule has 2 aromatic rings. The highest BCUT2D eigenvalue weighted by atomic mass is 35.5. The molecule has 0 aromatic carbocycles. The highest BCUT2D eigenvalue weighted by molar-refractivity contribution is 6.31. The molecule has 0 aliphatic rings. The molecule has 1 atom stereocenters. The van der Waals surface area contributed by atoms with Gasteiger partial charge in [0.1, 0.15) is 5.65 Å². The van der Waals surface area contributed by atoms with Crippen LogP contribution in [0.25, 0.3) is 11.7 Å². The first-order chi connectivity index (χ1) is 9.13. The molecule has 2 rings (SSSR count). The summed E-state index contributed by atoms with van der Waals surface area (Å²) >= 11 is 6.22. The maximum atomic E-state index is 6.22. The zero-order valence-corrected chi connectivity index (χ0v) is 12.4. The molecule has 0 bridgehead atoms. The van der Waals surface area contributed by atoms with E-state index in [1.807, 2.05) is 28.8 Å². The number of nitrogens with one attached hydrogen (secondary N) is 1. The molecule has 2 aromatic heterocycles. The third-order valence-corrected chi connectivity index (χ3v) is 3.55. The topological polar surface area (TPSA) is 29.3 Å². The van der Waals surface area contributed by atoms with Crippen molar-refractivity contribution < 1.29 is 0 Å². The van der Waals surface area contributed by atoms with Gasteiger partial charge in [0.2, 0.25) is 0 Å². The maximum Gasteiger partial charge on any atom is 0.155 e. The fraction of sp³-hybridized carbons (Fsp3) is 0.400. The van der Waals surface area contributed by atoms with Crippen molar-refractivity contribution in [2.75, 3.05) is 6.54 Å². The van der Waals surface area contributed by atoms with E-state index in [4.69, 9.17) is 11.6 Å². The Labute approximate surface area is 119 Å². The zero-order valence-electron chi connectivity index (χ0n) is 11.7. The van der Waals surface area contributed by atoms with Crippen LogP contribution in [0.1, 0.15) is 32.9 Å². The Morgan fingerprint density at radius 2 is 2.32 bits per heavy atom. The Kier molecular flexibility index (Phi) is 4.61. The number of imidazole rings is 1. The number of hydrogen-bond acceptors (Lipinski definition) is 2. The lowest BCUT2D eigenvalue weighted by molar-refractivity contribution is 0.604. The number of halogens is 1. The van der Waals surface area contributed by atoms with E-state index in [9.17, 15) is 0 Å². The minimum atomic E-state index is 0.338. The van der Waals surface area contributed by atoms with Crippen LogP contribution in [0.2, 0.25) is 5.15 Å². The molecule has 0 saturated heterocycles. The van der Waals surface area contributed by atoms with Crippen molar-refractivity contribution in [3.63, 3.8) is 0 Å². The lowest BCUT2D eigenvalue weighted by atomic mass is 10.1. The molecule has 0 fully saturated rings. The Morgan fingerprint density at radius 3 is 3.05 bits per heavy atom. The lowest BCUT2D eigenvalue weighted by Gasteiger charge is -2.13. The predicted molar refractivity (Wildman–Crippen MR) is 81.6 cm³/mol. The molecular weight excluding hydrogens is 258 g/mol. The molecule has 4 heteroatoms. The quantitative estimate of drug-likeness (QED) is 0.901. The van der Waals surface area contributed by atoms with Crippen LogP contribution < -0.4 is 5.32 Å². The van der Waals surface area contributed by atoms with Crippen LogP contribution in [0.5, 0.6) is 0 Å². The van der Waals surface area contributed by atoms with E-state index in [1.54, 1.807) is 0 Å². The molecule has 0 aliphatic carbocycles. The van der Waals surface area contributed by atoms with Crippen molar-refractivity contribution >= 4 is 23.3 Å². The molecule has 0 saturated carbocycles. The summed E-state index contributed by atoms with van der Waals surface area (Å²) in [6.07, 6.45) is 5.22. The number of fused-ring (bicyclic) bond motifs is 1. The van der Waals surface area contributed by atoms with E-state index in [0.717, 1.165) is 24.3 Å². The van der Waals surface area contributed by atoms with E-state index >= 15 is 0 Å². The Balaban J connectivity index is 2.31. The highest BCUT2D eigenvalue weighted by Crippen LogP contribution is 2.21. The van der Waals surface area contributed by atoms with Gasteiger partial charge in [0.15, 0.2) is 5.15 Å². The molecule has 0 aliphatic heterocycles. The van der Waals surface area contributed by atoms with Gasteiger partial charge in [-0.1, -0.05) is 30.2 Å². The van der Waals surface area contributed by atoms with E-state index in [-0.39, 0.29) is 0 Å². The molecule has 0 spiro atoms. The second-order valence-electron chi connectivity index (χ2n) is 4.78. The summed E-state index contributed by atoms with van der Waals surface area (Å²) in [5.74, 6) is 0. The van der Waals surface area contributed by atoms with Gasteiger partial charge in [-0.15, -0.1) is 0 Å². The van der Waals surface area contributed by atoms with Crippen molar-refractivity contribution in [1.29, 1.82) is 0 Å². The highest BCUT2D eigenvalue weighted by Gasteiger charge is 2.09. The van der Waals surface area contributed by atoms with E-state index in [2.05, 4.69) is 37.1 Å². The van der Waals surface area contributed by atoms with Crippen LogP contribution in [0.3, 0.4) is 0 Å². The minimum Gasteiger partial charge on any atom is -0.311 e. The first-order valence-electron chi connectivity index (χ1n) is 6.67. The first-order valence-corrected chi connectivity index (χ1v) is 7.05. The Morgan fingerprint density at radius 1 is 1.53 bits per heavy atom. The SMILES string of the molecule is CCCNC(C)/C(C)=C/c1c(Cl)nc2ccccn12. The first kappa shape index (κ1) is 14.1. The number of hydrogen-bond donors (Lipinski definition) is 1. The monoisotopic (exact) mass is 277 g/mol. The summed E-state index contributed by atoms with van der Waals surface area (Å²) < 4.78 is 2.01. The van der Waals surface area contributed by atoms with Crippen LogP contribution >= 0.6 is 11.6 Å². The molecule has 3 nitrogen and oxygen atoms in total. The van der Waals surface area contributed by atoms with Gasteiger partial charge >= 0.3 is 0 Å². The van der Waals surface area contributed by atoms with Gasteiger partial charge in [-0.3, -0.25) is 4.40 Å². The van der Waals surface area contributed by atoms with Crippen molar-refractivity contribution in [1.82, 2.24) is 14.7 Å². The molecule has 0 amide bonds. The van der Waals surface area contributed by atoms with Crippen LogP contribution in [0.4, 0.5) is 0 Å². The summed E-state index contributed by atoms with van der Waals surface area (Å²) in [4.78, 5) is 4.35. The van der Waals surface area contributed by atoms with E-state index in [1.165, 1.54) is 5.57 Å². The van der Waals surface area contributed by atoms with E-state index < -0.39 is 0 Å². The molecule has 19 heavy (non-hydrogen) atoms. The fourth-order valence-corrected chi connectivity index (χ4v) is 2.21. The van der Waals surface area contributed by atoms with Gasteiger partial charge in [0.25, 0.3) is 0 Å². The minimum absolute atomic E-state index is 0.338. The van der Waals surface area contributed by atoms with E-state index in [0.29, 0.717) is 11.2 Å². The molecule has 1 unspecified atom stereocenters. The number of rotatable bonds is 5. The summed E-state index contributed by atoms with van der Waals surface area (Å²) in [6, 6.07) is 6.24. The third kappa shape index (κ3) is 3.17. The van der Waals surface area contributed by atoms with Crippen LogP contribution in [-0.2, 0) is 0 Å². The molecule has 2 heterocycles. The summed E-state index contributed by atoms with van der Waals surface area (Å²) in [5, 5.41) is 4.02. The molecular formula is C15H20ClN3. The van der Waals surface area contributed by atoms with Crippen molar-refractivity contribution in [3.8, 4) is 0 Å². The van der Waals surface area contributed by atoms with Gasteiger partial charge in [0, 0.05) is 12.2 Å². The van der Waals surface area contributed by atoms with Crippen molar-refractivity contribution in [2.45, 2.75) is 33.2 Å². The average molecular weight is 278 g/mol. The second kappa shape index (κ2) is 6.22. The largest absolute Gasteiger partial charge is 0.311 e. The average Bonchev–Trinajstić information content (AvgIpc) is 2.72. The van der Waals surface area contributed by atoms with Gasteiger partial charge in [-0.25, -0.2) is 4.98 Å². The fourth-order valence-electron chi connectivity index (χ4n) is 1.98. The number of aromatic nitrogens is 2. The zero-order chi connectivity index (χ0) is 13.8. The third-order valence-electron chi connectivity index (χ3n) is 3.27. The number of pyridine rings is 1. The van der Waals surface area contributed by atoms with Gasteiger partial charge in [-0.2, -0.15) is 0 Å². The summed E-state index contributed by atoms with van der Waals surface area (Å²) in [5.41, 5.74) is 3.07. The summed E-state index contributed by atoms with van der Waals surface area (Å²) in [6.45, 7) is 7.47. The molecule has 102 valence electrons.